The van der Waals surface area contributed by atoms with Crippen molar-refractivity contribution in [2.45, 2.75) is 45.0 Å². The lowest BCUT2D eigenvalue weighted by Gasteiger charge is -2.11. The van der Waals surface area contributed by atoms with E-state index in [2.05, 4.69) is 10.3 Å². The zero-order chi connectivity index (χ0) is 32.1. The first kappa shape index (κ1) is 9.87. The van der Waals surface area contributed by atoms with Gasteiger partial charge in [-0.1, -0.05) is 48.2 Å². The molecular weight excluding hydrogens is 382 g/mol. The number of nitrogens with one attached hydrogen (secondary N) is 1. The number of hydrogen-bond acceptors (Lipinski definition) is 5. The monoisotopic (exact) mass is 422 g/mol. The summed E-state index contributed by atoms with van der Waals surface area (Å²) in [5.41, 5.74) is 3.60. The molecule has 3 aromatic rings. The molecule has 1 aromatic heterocycles. The summed E-state index contributed by atoms with van der Waals surface area (Å²) in [6.07, 6.45) is -9.73. The fourth-order valence-corrected chi connectivity index (χ4v) is 2.74. The van der Waals surface area contributed by atoms with E-state index in [9.17, 15) is 9.90 Å². The number of carbonyl (C=O) groups excluding carboxylic acids is 1. The first-order chi connectivity index (χ1) is 19.2. The fourth-order valence-electron chi connectivity index (χ4n) is 2.25. The molecule has 1 amide bonds. The van der Waals surface area contributed by atoms with Gasteiger partial charge in [0.1, 0.15) is 0 Å². The molecule has 0 spiro atoms. The van der Waals surface area contributed by atoms with Crippen LogP contribution in [0.25, 0.3) is 0 Å². The molecule has 0 bridgehead atoms. The summed E-state index contributed by atoms with van der Waals surface area (Å²) in [6.45, 7) is 1.29. The maximum atomic E-state index is 12.7. The van der Waals surface area contributed by atoms with E-state index in [-0.39, 0.29) is 34.8 Å². The molecule has 152 valence electrons. The van der Waals surface area contributed by atoms with Crippen molar-refractivity contribution < 1.29 is 27.7 Å². The highest BCUT2D eigenvalue weighted by Crippen LogP contribution is 2.21. The number of amides is 1. The minimum absolute atomic E-state index is 0.0193. The number of nitrogens with zero attached hydrogens (tertiary/aromatic N) is 1. The third kappa shape index (κ3) is 6.69. The highest BCUT2D eigenvalue weighted by Gasteiger charge is 2.08. The molecule has 29 heavy (non-hydrogen) atoms. The molecule has 1 heterocycles. The van der Waals surface area contributed by atoms with Gasteiger partial charge in [-0.05, 0) is 49.4 Å². The Kier molecular flexibility index (Phi) is 3.47. The summed E-state index contributed by atoms with van der Waals surface area (Å²) < 4.78 is 106. The molecule has 5 nitrogen and oxygen atoms in total. The third-order valence-corrected chi connectivity index (χ3v) is 4.24. The van der Waals surface area contributed by atoms with Crippen LogP contribution >= 0.6 is 11.3 Å². The highest BCUT2D eigenvalue weighted by atomic mass is 32.1. The second-order valence-corrected chi connectivity index (χ2v) is 6.77. The van der Waals surface area contributed by atoms with Crippen molar-refractivity contribution in [1.82, 2.24) is 4.98 Å². The van der Waals surface area contributed by atoms with Gasteiger partial charge in [-0.25, -0.2) is 4.98 Å². The zero-order valence-corrected chi connectivity index (χ0v) is 16.3. The lowest BCUT2D eigenvalue weighted by atomic mass is 10.00. The van der Waals surface area contributed by atoms with Gasteiger partial charge in [0.15, 0.2) is 5.13 Å². The average molecular weight is 423 g/mol. The van der Waals surface area contributed by atoms with Crippen molar-refractivity contribution in [3.05, 3.63) is 76.1 Å². The van der Waals surface area contributed by atoms with Gasteiger partial charge < -0.3 is 16.2 Å². The summed E-state index contributed by atoms with van der Waals surface area (Å²) in [4.78, 5) is 16.4. The number of rotatable bonds is 9. The smallest absolute Gasteiger partial charge is 0.230 e. The predicted octanol–water partition coefficient (Wildman–Crippen LogP) is 4.66. The van der Waals surface area contributed by atoms with Crippen LogP contribution in [0, 0.1) is 6.92 Å². The number of nitrogens with two attached hydrogens (primary N) is 1. The van der Waals surface area contributed by atoms with Crippen LogP contribution in [-0.4, -0.2) is 16.0 Å². The summed E-state index contributed by atoms with van der Waals surface area (Å²) in [6, 6.07) is -5.06. The number of aliphatic hydroxyl groups is 1. The van der Waals surface area contributed by atoms with Crippen LogP contribution in [0.15, 0.2) is 53.7 Å². The molecule has 0 radical (unpaired) electrons. The van der Waals surface area contributed by atoms with Gasteiger partial charge in [-0.15, -0.1) is 11.3 Å². The minimum Gasteiger partial charge on any atom is -0.388 e. The van der Waals surface area contributed by atoms with Crippen LogP contribution in [0.5, 0.6) is 0 Å². The van der Waals surface area contributed by atoms with Gasteiger partial charge in [0.25, 0.3) is 0 Å². The van der Waals surface area contributed by atoms with Gasteiger partial charge in [0, 0.05) is 16.6 Å². The molecule has 0 saturated heterocycles. The Morgan fingerprint density at radius 3 is 2.86 bits per heavy atom. The predicted molar refractivity (Wildman–Crippen MR) is 119 cm³/mol. The van der Waals surface area contributed by atoms with Crippen molar-refractivity contribution >= 4 is 28.1 Å². The van der Waals surface area contributed by atoms with Crippen LogP contribution < -0.4 is 11.1 Å². The fraction of sp³-hybridized carbons (Fsp3) is 0.304. The summed E-state index contributed by atoms with van der Waals surface area (Å²) in [5.74, 6) is -1.30. The SMILES string of the molecule is [2H]c1c([2H])c(C)c([2H])c([C@@]([2H])(O)C([2H])([2H])CCCc2c([2H])c([2H])c(NC(=O)C([2H])([2H])c3csc(N)n3)c([2H])c2[2H])c1[2H]. The number of nitrogen functional groups attached to an aromatic ring is 1. The third-order valence-electron chi connectivity index (χ3n) is 3.56. The Labute approximate surface area is 193 Å². The highest BCUT2D eigenvalue weighted by molar-refractivity contribution is 7.13. The molecule has 0 unspecified atom stereocenters. The van der Waals surface area contributed by atoms with E-state index in [1.54, 1.807) is 0 Å². The quantitative estimate of drug-likeness (QED) is 0.468. The van der Waals surface area contributed by atoms with E-state index in [0.717, 1.165) is 11.3 Å². The summed E-state index contributed by atoms with van der Waals surface area (Å²) >= 11 is 0.905. The minimum atomic E-state index is -3.17. The number of carbonyl (C=O) groups is 1. The Hall–Kier alpha value is -2.70. The van der Waals surface area contributed by atoms with E-state index >= 15 is 0 Å². The van der Waals surface area contributed by atoms with Crippen molar-refractivity contribution in [2.24, 2.45) is 0 Å². The van der Waals surface area contributed by atoms with Crippen molar-refractivity contribution in [3.63, 3.8) is 0 Å². The number of hydrogen-bond donors (Lipinski definition) is 3. The van der Waals surface area contributed by atoms with Gasteiger partial charge in [0.2, 0.25) is 5.91 Å². The maximum Gasteiger partial charge on any atom is 0.230 e. The average Bonchev–Trinajstić information content (AvgIpc) is 3.36. The van der Waals surface area contributed by atoms with Crippen LogP contribution in [0.3, 0.4) is 0 Å². The van der Waals surface area contributed by atoms with Gasteiger partial charge in [0.05, 0.1) is 30.5 Å². The Morgan fingerprint density at radius 2 is 2.14 bits per heavy atom. The molecule has 0 saturated carbocycles. The van der Waals surface area contributed by atoms with Gasteiger partial charge >= 0.3 is 0 Å². The van der Waals surface area contributed by atoms with E-state index in [0.29, 0.717) is 0 Å². The first-order valence-corrected chi connectivity index (χ1v) is 9.48. The lowest BCUT2D eigenvalue weighted by Crippen LogP contribution is -2.14. The van der Waals surface area contributed by atoms with Crippen molar-refractivity contribution in [2.75, 3.05) is 11.1 Å². The van der Waals surface area contributed by atoms with E-state index in [1.807, 2.05) is 0 Å². The molecule has 0 aliphatic rings. The first-order valence-electron chi connectivity index (χ1n) is 15.1. The van der Waals surface area contributed by atoms with Gasteiger partial charge in [-0.2, -0.15) is 0 Å². The normalized spacial score (nSPS) is 20.4. The van der Waals surface area contributed by atoms with Crippen molar-refractivity contribution in [1.29, 1.82) is 0 Å². The summed E-state index contributed by atoms with van der Waals surface area (Å²) in [7, 11) is 0. The van der Waals surface area contributed by atoms with Crippen LogP contribution in [-0.2, 0) is 17.6 Å². The van der Waals surface area contributed by atoms with E-state index < -0.39 is 90.7 Å². The molecule has 3 rings (SSSR count). The van der Waals surface area contributed by atoms with E-state index in [4.69, 9.17) is 23.6 Å². The summed E-state index contributed by atoms with van der Waals surface area (Å²) in [5, 5.41) is 14.2. The van der Waals surface area contributed by atoms with Gasteiger partial charge in [-0.3, -0.25) is 4.79 Å². The molecule has 6 heteroatoms. The lowest BCUT2D eigenvalue weighted by molar-refractivity contribution is -0.115. The molecule has 0 fully saturated rings. The molecule has 0 aliphatic heterocycles. The topological polar surface area (TPSA) is 88.2 Å². The van der Waals surface area contributed by atoms with Crippen LogP contribution in [0.2, 0.25) is 0 Å². The molecule has 2 aromatic carbocycles. The Morgan fingerprint density at radius 1 is 1.34 bits per heavy atom. The number of thiazole rings is 1. The number of anilines is 2. The van der Waals surface area contributed by atoms with Crippen LogP contribution in [0.1, 0.15) is 65.5 Å². The van der Waals surface area contributed by atoms with Crippen molar-refractivity contribution in [3.8, 4) is 0 Å². The Balaban J connectivity index is 1.85. The molecular formula is C23H27N3O2S. The largest absolute Gasteiger partial charge is 0.388 e. The standard InChI is InChI=1S/C23H27N3O2S/c1-16-5-4-7-18(13-16)21(27)8-3-2-6-17-9-11-19(12-10-17)25-22(28)14-20-15-29-23(24)26-20/h4-5,7,9-13,15,21,27H,2-3,6,8,14H2,1H3,(H2,24,26)(H,25,28)/t21-/m0/s1/i4D,5D,7D,8D2,9D,10D,11D,12D,13D,14D2,21D. The molecule has 4 N–H and O–H groups in total. The van der Waals surface area contributed by atoms with Crippen LogP contribution in [0.4, 0.5) is 10.8 Å². The zero-order valence-electron chi connectivity index (χ0n) is 28.5. The Bertz CT molecular complexity index is 1500. The molecule has 1 atom stereocenters. The second kappa shape index (κ2) is 10.2. The maximum absolute atomic E-state index is 12.7. The van der Waals surface area contributed by atoms with E-state index in [1.165, 1.54) is 12.3 Å². The second-order valence-electron chi connectivity index (χ2n) is 5.88. The number of benzene rings is 2. The number of aromatic nitrogens is 1. The molecule has 0 aliphatic carbocycles.